The molecule has 0 saturated carbocycles. The third-order valence-corrected chi connectivity index (χ3v) is 1.65. The first kappa shape index (κ1) is 10.9. The molecule has 0 aliphatic carbocycles. The van der Waals surface area contributed by atoms with Gasteiger partial charge in [-0.1, -0.05) is 17.7 Å². The van der Waals surface area contributed by atoms with Crippen molar-refractivity contribution >= 4 is 18.1 Å². The molecule has 78 valence electrons. The lowest BCUT2D eigenvalue weighted by molar-refractivity contribution is -0.128. The van der Waals surface area contributed by atoms with Crippen LogP contribution in [-0.2, 0) is 4.79 Å². The van der Waals surface area contributed by atoms with Crippen LogP contribution in [0.3, 0.4) is 0 Å². The van der Waals surface area contributed by atoms with E-state index in [0.29, 0.717) is 11.8 Å². The lowest BCUT2D eigenvalue weighted by Gasteiger charge is -1.99. The van der Waals surface area contributed by atoms with Crippen LogP contribution in [-0.4, -0.2) is 23.2 Å². The third-order valence-electron chi connectivity index (χ3n) is 1.65. The average molecular weight is 206 g/mol. The van der Waals surface area contributed by atoms with E-state index in [1.807, 2.05) is 6.92 Å². The molecule has 1 aromatic rings. The molecule has 0 heterocycles. The van der Waals surface area contributed by atoms with Gasteiger partial charge in [0.2, 0.25) is 0 Å². The lowest BCUT2D eigenvalue weighted by atomic mass is 10.1. The van der Waals surface area contributed by atoms with E-state index < -0.39 is 11.9 Å². The molecule has 0 radical (unpaired) electrons. The predicted molar refractivity (Wildman–Crippen MR) is 54.8 cm³/mol. The molecule has 1 rings (SSSR count). The summed E-state index contributed by atoms with van der Waals surface area (Å²) in [5.74, 6) is -1.65. The maximum Gasteiger partial charge on any atom is 0.348 e. The molecule has 0 saturated heterocycles. The Morgan fingerprint density at radius 1 is 1.33 bits per heavy atom. The first-order valence-corrected chi connectivity index (χ1v) is 4.22. The number of carboxylic acid groups (broad SMARTS) is 1. The zero-order chi connectivity index (χ0) is 11.3. The molecule has 0 atom stereocenters. The molecule has 15 heavy (non-hydrogen) atoms. The Bertz CT molecular complexity index is 396. The minimum atomic E-state index is -1.21. The standard InChI is InChI=1S/C10H10N2O3/c1-7-2-4-8(5-3-7)10(15)12-11-6-9(13)14/h2-6H,1H3,(H,12,15)(H,13,14)/b11-6-. The fraction of sp³-hybridized carbons (Fsp3) is 0.100. The van der Waals surface area contributed by atoms with Crippen molar-refractivity contribution in [1.82, 2.24) is 5.43 Å². The molecule has 0 aromatic heterocycles. The van der Waals surface area contributed by atoms with Gasteiger partial charge in [-0.05, 0) is 19.1 Å². The molecule has 5 nitrogen and oxygen atoms in total. The van der Waals surface area contributed by atoms with Gasteiger partial charge in [0.25, 0.3) is 5.91 Å². The maximum atomic E-state index is 11.3. The summed E-state index contributed by atoms with van der Waals surface area (Å²) in [7, 11) is 0. The van der Waals surface area contributed by atoms with Crippen molar-refractivity contribution in [3.63, 3.8) is 0 Å². The highest BCUT2D eigenvalue weighted by molar-refractivity contribution is 6.22. The molecule has 0 bridgehead atoms. The quantitative estimate of drug-likeness (QED) is 0.567. The van der Waals surface area contributed by atoms with Crippen LogP contribution in [0.15, 0.2) is 29.4 Å². The van der Waals surface area contributed by atoms with Crippen LogP contribution in [0.25, 0.3) is 0 Å². The van der Waals surface area contributed by atoms with Gasteiger partial charge >= 0.3 is 5.97 Å². The molecule has 1 amide bonds. The van der Waals surface area contributed by atoms with Crippen LogP contribution in [0.4, 0.5) is 0 Å². The van der Waals surface area contributed by atoms with E-state index in [1.54, 1.807) is 24.3 Å². The van der Waals surface area contributed by atoms with Crippen molar-refractivity contribution in [3.05, 3.63) is 35.4 Å². The molecular weight excluding hydrogens is 196 g/mol. The average Bonchev–Trinajstić information content (AvgIpc) is 2.18. The molecule has 0 fully saturated rings. The van der Waals surface area contributed by atoms with Crippen LogP contribution in [0.5, 0.6) is 0 Å². The second-order valence-electron chi connectivity index (χ2n) is 2.90. The summed E-state index contributed by atoms with van der Waals surface area (Å²) < 4.78 is 0. The van der Waals surface area contributed by atoms with Gasteiger partial charge in [-0.3, -0.25) is 4.79 Å². The summed E-state index contributed by atoms with van der Waals surface area (Å²) in [6.45, 7) is 1.91. The number of carbonyl (C=O) groups excluding carboxylic acids is 1. The van der Waals surface area contributed by atoms with Crippen molar-refractivity contribution in [2.75, 3.05) is 0 Å². The molecule has 0 unspecified atom stereocenters. The van der Waals surface area contributed by atoms with Gasteiger partial charge in [-0.2, -0.15) is 5.10 Å². The minimum absolute atomic E-state index is 0.433. The van der Waals surface area contributed by atoms with Gasteiger partial charge in [0, 0.05) is 5.56 Å². The molecule has 5 heteroatoms. The summed E-state index contributed by atoms with van der Waals surface area (Å²) >= 11 is 0. The SMILES string of the molecule is Cc1ccc(C(=O)N/N=C\C(=O)O)cc1. The minimum Gasteiger partial charge on any atom is -0.477 e. The van der Waals surface area contributed by atoms with E-state index in [-0.39, 0.29) is 0 Å². The number of nitrogens with one attached hydrogen (secondary N) is 1. The highest BCUT2D eigenvalue weighted by Gasteiger charge is 2.02. The predicted octanol–water partition coefficient (Wildman–Crippen LogP) is 0.795. The highest BCUT2D eigenvalue weighted by Crippen LogP contribution is 2.02. The van der Waals surface area contributed by atoms with E-state index >= 15 is 0 Å². The van der Waals surface area contributed by atoms with Crippen LogP contribution in [0.1, 0.15) is 15.9 Å². The van der Waals surface area contributed by atoms with Gasteiger partial charge in [-0.25, -0.2) is 10.2 Å². The van der Waals surface area contributed by atoms with Gasteiger partial charge < -0.3 is 5.11 Å². The Morgan fingerprint density at radius 3 is 2.47 bits per heavy atom. The van der Waals surface area contributed by atoms with Crippen LogP contribution >= 0.6 is 0 Å². The zero-order valence-corrected chi connectivity index (χ0v) is 8.10. The Hall–Kier alpha value is -2.17. The second kappa shape index (κ2) is 4.90. The second-order valence-corrected chi connectivity index (χ2v) is 2.90. The van der Waals surface area contributed by atoms with E-state index in [4.69, 9.17) is 5.11 Å². The fourth-order valence-electron chi connectivity index (χ4n) is 0.916. The number of aliphatic carboxylic acids is 1. The number of hydrogen-bond acceptors (Lipinski definition) is 3. The van der Waals surface area contributed by atoms with Crippen molar-refractivity contribution in [1.29, 1.82) is 0 Å². The number of amides is 1. The zero-order valence-electron chi connectivity index (χ0n) is 8.10. The summed E-state index contributed by atoms with van der Waals surface area (Å²) in [6, 6.07) is 6.85. The molecular formula is C10H10N2O3. The van der Waals surface area contributed by atoms with Crippen LogP contribution in [0, 0.1) is 6.92 Å². The first-order valence-electron chi connectivity index (χ1n) is 4.22. The van der Waals surface area contributed by atoms with E-state index in [1.165, 1.54) is 0 Å². The van der Waals surface area contributed by atoms with E-state index in [0.717, 1.165) is 5.56 Å². The summed E-state index contributed by atoms with van der Waals surface area (Å²) in [5, 5.41) is 11.5. The van der Waals surface area contributed by atoms with E-state index in [9.17, 15) is 9.59 Å². The fourth-order valence-corrected chi connectivity index (χ4v) is 0.916. The number of carboxylic acids is 1. The molecule has 0 aliphatic rings. The normalized spacial score (nSPS) is 10.2. The topological polar surface area (TPSA) is 78.8 Å². The summed E-state index contributed by atoms with van der Waals surface area (Å²) in [6.07, 6.45) is 0.617. The van der Waals surface area contributed by atoms with Crippen molar-refractivity contribution < 1.29 is 14.7 Å². The van der Waals surface area contributed by atoms with Gasteiger partial charge in [-0.15, -0.1) is 0 Å². The van der Waals surface area contributed by atoms with Crippen LogP contribution < -0.4 is 5.43 Å². The third kappa shape index (κ3) is 3.60. The van der Waals surface area contributed by atoms with Gasteiger partial charge in [0.05, 0.1) is 0 Å². The Kier molecular flexibility index (Phi) is 3.56. The van der Waals surface area contributed by atoms with E-state index in [2.05, 4.69) is 10.5 Å². The number of rotatable bonds is 3. The number of carbonyl (C=O) groups is 2. The van der Waals surface area contributed by atoms with Gasteiger partial charge in [0.1, 0.15) is 6.21 Å². The number of aryl methyl sites for hydroxylation is 1. The molecule has 0 aliphatic heterocycles. The van der Waals surface area contributed by atoms with Crippen LogP contribution in [0.2, 0.25) is 0 Å². The number of nitrogens with zero attached hydrogens (tertiary/aromatic N) is 1. The molecule has 2 N–H and O–H groups in total. The van der Waals surface area contributed by atoms with Crippen molar-refractivity contribution in [2.24, 2.45) is 5.10 Å². The number of benzene rings is 1. The van der Waals surface area contributed by atoms with Crippen molar-refractivity contribution in [3.8, 4) is 0 Å². The number of hydrogen-bond donors (Lipinski definition) is 2. The van der Waals surface area contributed by atoms with Crippen molar-refractivity contribution in [2.45, 2.75) is 6.92 Å². The smallest absolute Gasteiger partial charge is 0.348 e. The highest BCUT2D eigenvalue weighted by atomic mass is 16.4. The number of hydrazone groups is 1. The first-order chi connectivity index (χ1) is 7.09. The summed E-state index contributed by atoms with van der Waals surface area (Å²) in [5.41, 5.74) is 3.58. The molecule has 0 spiro atoms. The largest absolute Gasteiger partial charge is 0.477 e. The Morgan fingerprint density at radius 2 is 1.93 bits per heavy atom. The lowest BCUT2D eigenvalue weighted by Crippen LogP contribution is -2.18. The van der Waals surface area contributed by atoms with Gasteiger partial charge in [0.15, 0.2) is 0 Å². The Balaban J connectivity index is 2.62. The Labute approximate surface area is 86.4 Å². The summed E-state index contributed by atoms with van der Waals surface area (Å²) in [4.78, 5) is 21.4. The maximum absolute atomic E-state index is 11.3. The molecule has 1 aromatic carbocycles. The monoisotopic (exact) mass is 206 g/mol.